The first kappa shape index (κ1) is 24.2. The highest BCUT2D eigenvalue weighted by atomic mass is 16.5. The summed E-state index contributed by atoms with van der Waals surface area (Å²) < 4.78 is 14.2. The van der Waals surface area contributed by atoms with Crippen LogP contribution in [-0.2, 0) is 7.05 Å². The molecule has 196 valence electrons. The smallest absolute Gasteiger partial charge is 0.222 e. The molecule has 4 aromatic rings. The highest BCUT2D eigenvalue weighted by Crippen LogP contribution is 2.35. The molecular formula is C28H31N7O3. The zero-order valence-corrected chi connectivity index (χ0v) is 21.5. The molecule has 2 N–H and O–H groups in total. The molecule has 1 atom stereocenters. The van der Waals surface area contributed by atoms with Crippen LogP contribution >= 0.6 is 0 Å². The number of hydrogen-bond acceptors (Lipinski definition) is 9. The van der Waals surface area contributed by atoms with Gasteiger partial charge in [0.05, 0.1) is 25.0 Å². The number of pyridine rings is 1. The van der Waals surface area contributed by atoms with Crippen molar-refractivity contribution in [2.45, 2.75) is 38.4 Å². The molecule has 10 nitrogen and oxygen atoms in total. The number of aromatic nitrogens is 5. The average Bonchev–Trinajstić information content (AvgIpc) is 3.29. The lowest BCUT2D eigenvalue weighted by Crippen LogP contribution is -2.35. The summed E-state index contributed by atoms with van der Waals surface area (Å²) in [6.45, 7) is 4.22. The van der Waals surface area contributed by atoms with Crippen LogP contribution < -0.4 is 19.7 Å². The summed E-state index contributed by atoms with van der Waals surface area (Å²) in [5.41, 5.74) is 3.82. The molecule has 1 fully saturated rings. The number of benzene rings is 1. The van der Waals surface area contributed by atoms with Crippen LogP contribution in [0.25, 0.3) is 22.5 Å². The van der Waals surface area contributed by atoms with Crippen molar-refractivity contribution in [2.24, 2.45) is 7.05 Å². The number of ether oxygens (including phenoxy) is 2. The molecule has 0 saturated carbocycles. The van der Waals surface area contributed by atoms with Crippen molar-refractivity contribution in [3.63, 3.8) is 0 Å². The topological polar surface area (TPSA) is 110 Å². The monoisotopic (exact) mass is 513 g/mol. The minimum atomic E-state index is -0.190. The van der Waals surface area contributed by atoms with Gasteiger partial charge < -0.3 is 24.8 Å². The molecular weight excluding hydrogens is 482 g/mol. The van der Waals surface area contributed by atoms with Crippen LogP contribution in [0.4, 0.5) is 17.3 Å². The second-order valence-corrected chi connectivity index (χ2v) is 9.77. The van der Waals surface area contributed by atoms with Gasteiger partial charge in [0.25, 0.3) is 0 Å². The van der Waals surface area contributed by atoms with Crippen LogP contribution in [0.3, 0.4) is 0 Å². The van der Waals surface area contributed by atoms with Crippen molar-refractivity contribution in [3.05, 3.63) is 55.0 Å². The van der Waals surface area contributed by atoms with Crippen molar-refractivity contribution >= 4 is 17.3 Å². The van der Waals surface area contributed by atoms with E-state index in [2.05, 4.69) is 54.5 Å². The maximum Gasteiger partial charge on any atom is 0.222 e. The maximum atomic E-state index is 9.83. The number of aliphatic hydroxyl groups is 1. The first-order chi connectivity index (χ1) is 18.5. The predicted octanol–water partition coefficient (Wildman–Crippen LogP) is 4.19. The number of nitrogens with zero attached hydrogens (tertiary/aromatic N) is 6. The van der Waals surface area contributed by atoms with E-state index in [4.69, 9.17) is 9.47 Å². The summed E-state index contributed by atoms with van der Waals surface area (Å²) in [5, 5.41) is 17.5. The van der Waals surface area contributed by atoms with Crippen molar-refractivity contribution in [1.29, 1.82) is 0 Å². The Morgan fingerprint density at radius 1 is 0.974 bits per heavy atom. The number of aliphatic hydroxyl groups excluding tert-OH is 1. The molecule has 5 heterocycles. The number of anilines is 3. The first-order valence-corrected chi connectivity index (χ1v) is 13.0. The largest absolute Gasteiger partial charge is 0.490 e. The quantitative estimate of drug-likeness (QED) is 0.408. The summed E-state index contributed by atoms with van der Waals surface area (Å²) in [4.78, 5) is 16.1. The number of piperidine rings is 1. The number of hydrogen-bond donors (Lipinski definition) is 2. The van der Waals surface area contributed by atoms with Crippen molar-refractivity contribution in [3.8, 4) is 34.1 Å². The Morgan fingerprint density at radius 2 is 1.79 bits per heavy atom. The molecule has 4 bridgehead atoms. The van der Waals surface area contributed by atoms with Crippen LogP contribution in [0.15, 0.2) is 55.0 Å². The number of fused-ring (bicyclic) bond motifs is 6. The van der Waals surface area contributed by atoms with E-state index in [1.165, 1.54) is 0 Å². The zero-order valence-electron chi connectivity index (χ0n) is 21.5. The molecule has 6 rings (SSSR count). The third-order valence-electron chi connectivity index (χ3n) is 7.00. The van der Waals surface area contributed by atoms with Gasteiger partial charge >= 0.3 is 0 Å². The molecule has 0 aliphatic carbocycles. The third-order valence-corrected chi connectivity index (χ3v) is 7.00. The molecule has 0 spiro atoms. The van der Waals surface area contributed by atoms with Crippen LogP contribution in [0.2, 0.25) is 0 Å². The predicted molar refractivity (Wildman–Crippen MR) is 145 cm³/mol. The summed E-state index contributed by atoms with van der Waals surface area (Å²) in [6, 6.07) is 12.2. The average molecular weight is 514 g/mol. The van der Waals surface area contributed by atoms with Gasteiger partial charge in [-0.15, -0.1) is 0 Å². The lowest BCUT2D eigenvalue weighted by Gasteiger charge is -2.31. The summed E-state index contributed by atoms with van der Waals surface area (Å²) >= 11 is 0. The molecule has 0 unspecified atom stereocenters. The number of nitrogens with one attached hydrogen (secondary N) is 1. The van der Waals surface area contributed by atoms with Crippen LogP contribution in [0, 0.1) is 0 Å². The standard InChI is InChI=1S/C28H31N7O3/c1-18-10-14-37-28-23(17-31-34(28)2)27-29-11-7-25(33-27)32-26-15-24(38-18)22(16-30-26)19-3-5-20(6-4-19)35-12-8-21(36)9-13-35/h3-7,11,15-18,21,36H,8-10,12-14H2,1-2H3,(H,29,30,32,33)/t18-/m0/s1. The van der Waals surface area contributed by atoms with E-state index in [-0.39, 0.29) is 12.2 Å². The van der Waals surface area contributed by atoms with Crippen LogP contribution in [-0.4, -0.2) is 61.7 Å². The Bertz CT molecular complexity index is 1410. The Morgan fingerprint density at radius 3 is 2.61 bits per heavy atom. The van der Waals surface area contributed by atoms with Gasteiger partial charge in [-0.1, -0.05) is 12.1 Å². The molecule has 10 heteroatoms. The Balaban J connectivity index is 1.31. The summed E-state index contributed by atoms with van der Waals surface area (Å²) in [6.07, 6.45) is 7.24. The van der Waals surface area contributed by atoms with Gasteiger partial charge in [0.2, 0.25) is 5.88 Å². The highest BCUT2D eigenvalue weighted by molar-refractivity contribution is 5.74. The van der Waals surface area contributed by atoms with Gasteiger partial charge in [0, 0.05) is 56.3 Å². The lowest BCUT2D eigenvalue weighted by molar-refractivity contribution is 0.145. The molecule has 1 saturated heterocycles. The second kappa shape index (κ2) is 10.3. The van der Waals surface area contributed by atoms with E-state index in [1.807, 2.05) is 26.2 Å². The van der Waals surface area contributed by atoms with Crippen molar-refractivity contribution in [2.75, 3.05) is 29.9 Å². The van der Waals surface area contributed by atoms with E-state index < -0.39 is 0 Å². The van der Waals surface area contributed by atoms with Gasteiger partial charge in [0.15, 0.2) is 5.82 Å². The van der Waals surface area contributed by atoms with E-state index >= 15 is 0 Å². The molecule has 38 heavy (non-hydrogen) atoms. The molecule has 3 aromatic heterocycles. The van der Waals surface area contributed by atoms with Gasteiger partial charge in [-0.05, 0) is 43.5 Å². The van der Waals surface area contributed by atoms with Crippen molar-refractivity contribution < 1.29 is 14.6 Å². The minimum Gasteiger partial charge on any atom is -0.490 e. The fourth-order valence-corrected chi connectivity index (χ4v) is 4.83. The molecule has 1 aromatic carbocycles. The fourth-order valence-electron chi connectivity index (χ4n) is 4.83. The van der Waals surface area contributed by atoms with Crippen LogP contribution in [0.1, 0.15) is 26.2 Å². The normalized spacial score (nSPS) is 18.0. The Hall–Kier alpha value is -4.18. The molecule has 2 aliphatic heterocycles. The number of aryl methyl sites for hydroxylation is 1. The summed E-state index contributed by atoms with van der Waals surface area (Å²) in [5.74, 6) is 3.11. The molecule has 0 radical (unpaired) electrons. The molecule has 2 aliphatic rings. The summed E-state index contributed by atoms with van der Waals surface area (Å²) in [7, 11) is 1.84. The van der Waals surface area contributed by atoms with E-state index in [9.17, 15) is 5.11 Å². The van der Waals surface area contributed by atoms with E-state index in [0.29, 0.717) is 36.4 Å². The maximum absolute atomic E-state index is 9.83. The molecule has 0 amide bonds. The zero-order chi connectivity index (χ0) is 26.1. The SMILES string of the molecule is C[C@H]1CCOc2c(cnn2C)-c2nccc(n2)Nc2cc(c(-c3ccc(N4CCC(O)CC4)cc3)cn2)O1. The van der Waals surface area contributed by atoms with Gasteiger partial charge in [-0.25, -0.2) is 19.6 Å². The van der Waals surface area contributed by atoms with E-state index in [1.54, 1.807) is 23.1 Å². The van der Waals surface area contributed by atoms with Gasteiger partial charge in [0.1, 0.15) is 22.9 Å². The number of rotatable bonds is 2. The fraction of sp³-hybridized carbons (Fsp3) is 0.357. The lowest BCUT2D eigenvalue weighted by atomic mass is 10.0. The second-order valence-electron chi connectivity index (χ2n) is 9.77. The van der Waals surface area contributed by atoms with Gasteiger partial charge in [-0.3, -0.25) is 0 Å². The first-order valence-electron chi connectivity index (χ1n) is 13.0. The third kappa shape index (κ3) is 4.99. The minimum absolute atomic E-state index is 0.100. The van der Waals surface area contributed by atoms with Gasteiger partial charge in [-0.2, -0.15) is 5.10 Å². The van der Waals surface area contributed by atoms with E-state index in [0.717, 1.165) is 54.1 Å². The highest BCUT2D eigenvalue weighted by Gasteiger charge is 2.20. The Labute approximate surface area is 221 Å². The van der Waals surface area contributed by atoms with Crippen molar-refractivity contribution in [1.82, 2.24) is 24.7 Å². The van der Waals surface area contributed by atoms with Crippen LogP contribution in [0.5, 0.6) is 11.6 Å². The Kier molecular flexibility index (Phi) is 6.55.